The highest BCUT2D eigenvalue weighted by Crippen LogP contribution is 2.46. The number of amides is 3. The average molecular weight is 514 g/mol. The molecule has 0 aliphatic carbocycles. The molecule has 0 radical (unpaired) electrons. The third-order valence-corrected chi connectivity index (χ3v) is 4.51. The van der Waals surface area contributed by atoms with Crippen LogP contribution in [0.2, 0.25) is 0 Å². The number of pyridine rings is 1. The van der Waals surface area contributed by atoms with Crippen LogP contribution in [0.3, 0.4) is 0 Å². The van der Waals surface area contributed by atoms with Gasteiger partial charge in [-0.3, -0.25) is 9.78 Å². The maximum atomic E-state index is 14.5. The Kier molecular flexibility index (Phi) is 6.09. The summed E-state index contributed by atoms with van der Waals surface area (Å²) in [6.45, 7) is 0. The molecule has 0 unspecified atom stereocenters. The summed E-state index contributed by atoms with van der Waals surface area (Å²) >= 11 is 0. The van der Waals surface area contributed by atoms with Gasteiger partial charge in [-0.2, -0.15) is 8.78 Å². The number of hydrogen-bond acceptors (Lipinski definition) is 6. The molecule has 0 atom stereocenters. The third-order valence-electron chi connectivity index (χ3n) is 4.51. The fourth-order valence-corrected chi connectivity index (χ4v) is 3.00. The van der Waals surface area contributed by atoms with E-state index in [1.807, 2.05) is 5.32 Å². The van der Waals surface area contributed by atoms with Crippen molar-refractivity contribution in [2.75, 3.05) is 10.6 Å². The molecule has 36 heavy (non-hydrogen) atoms. The lowest BCUT2D eigenvalue weighted by Gasteiger charge is -2.30. The Morgan fingerprint density at radius 1 is 0.972 bits per heavy atom. The number of nitrogens with two attached hydrogens (primary N) is 1. The lowest BCUT2D eigenvalue weighted by molar-refractivity contribution is -0.461. The Balaban J connectivity index is 1.48. The number of primary amides is 1. The molecular formula is C21H12F6N4O5. The number of urea groups is 1. The summed E-state index contributed by atoms with van der Waals surface area (Å²) in [7, 11) is 0. The highest BCUT2D eigenvalue weighted by Gasteiger charge is 2.54. The van der Waals surface area contributed by atoms with E-state index in [1.165, 1.54) is 6.07 Å². The Morgan fingerprint density at radius 2 is 1.72 bits per heavy atom. The lowest BCUT2D eigenvalue weighted by atomic mass is 10.1. The van der Waals surface area contributed by atoms with Gasteiger partial charge in [0.05, 0.1) is 11.3 Å². The van der Waals surface area contributed by atoms with Gasteiger partial charge < -0.3 is 25.8 Å². The first-order valence-corrected chi connectivity index (χ1v) is 9.63. The number of rotatable bonds is 5. The smallest absolute Gasteiger partial charge is 0.454 e. The zero-order valence-corrected chi connectivity index (χ0v) is 17.5. The molecule has 2 aromatic carbocycles. The number of aromatic nitrogens is 1. The molecule has 4 rings (SSSR count). The van der Waals surface area contributed by atoms with Gasteiger partial charge in [-0.1, -0.05) is 0 Å². The van der Waals surface area contributed by atoms with Gasteiger partial charge in [0.25, 0.3) is 5.91 Å². The van der Waals surface area contributed by atoms with E-state index in [0.717, 1.165) is 24.4 Å². The van der Waals surface area contributed by atoms with Gasteiger partial charge in [0.15, 0.2) is 17.4 Å². The Hall–Kier alpha value is -4.53. The van der Waals surface area contributed by atoms with E-state index < -0.39 is 58.7 Å². The minimum atomic E-state index is -4.57. The van der Waals surface area contributed by atoms with Crippen molar-refractivity contribution in [2.45, 2.75) is 12.4 Å². The van der Waals surface area contributed by atoms with Gasteiger partial charge in [-0.05, 0) is 24.3 Å². The first kappa shape index (κ1) is 24.6. The molecule has 188 valence electrons. The number of carbonyl (C=O) groups is 2. The zero-order chi connectivity index (χ0) is 26.3. The van der Waals surface area contributed by atoms with E-state index in [1.54, 1.807) is 0 Å². The molecule has 1 aromatic heterocycles. The Labute approximate surface area is 196 Å². The molecule has 3 aromatic rings. The SMILES string of the molecule is NC(=O)c1cc(Oc2cc(F)c(NC(=O)Nc3ccc4c(c3)C(F)(F)OC(F)(F)O4)cc2F)ccn1. The van der Waals surface area contributed by atoms with Crippen LogP contribution in [0.25, 0.3) is 0 Å². The number of nitrogens with zero attached hydrogens (tertiary/aromatic N) is 1. The summed E-state index contributed by atoms with van der Waals surface area (Å²) in [4.78, 5) is 27.0. The summed E-state index contributed by atoms with van der Waals surface area (Å²) in [6, 6.07) is 4.64. The summed E-state index contributed by atoms with van der Waals surface area (Å²) in [5.74, 6) is -4.71. The van der Waals surface area contributed by atoms with Gasteiger partial charge in [0, 0.05) is 30.1 Å². The number of carbonyl (C=O) groups excluding carboxylic acids is 2. The standard InChI is InChI=1S/C21H12F6N4O5/c22-12-8-17(34-10-3-4-29-15(6-10)18(28)32)13(23)7-14(12)31-19(33)30-9-1-2-16-11(5-9)20(24,25)36-21(26,27)35-16/h1-8H,(H2,28,32)(H2,30,31,33). The number of benzene rings is 2. The fourth-order valence-electron chi connectivity index (χ4n) is 3.00. The Bertz CT molecular complexity index is 1370. The summed E-state index contributed by atoms with van der Waals surface area (Å²) in [5.41, 5.74) is 2.83. The Morgan fingerprint density at radius 3 is 2.44 bits per heavy atom. The maximum absolute atomic E-state index is 14.5. The molecule has 0 fully saturated rings. The van der Waals surface area contributed by atoms with Crippen molar-refractivity contribution in [3.63, 3.8) is 0 Å². The van der Waals surface area contributed by atoms with Gasteiger partial charge >= 0.3 is 18.4 Å². The molecular weight excluding hydrogens is 502 g/mol. The normalized spacial score (nSPS) is 15.3. The quantitative estimate of drug-likeness (QED) is 0.416. The predicted octanol–water partition coefficient (Wildman–Crippen LogP) is 4.90. The minimum Gasteiger partial charge on any atom is -0.454 e. The number of halogens is 6. The van der Waals surface area contributed by atoms with Crippen LogP contribution in [-0.2, 0) is 10.8 Å². The number of anilines is 2. The lowest BCUT2D eigenvalue weighted by Crippen LogP contribution is -2.41. The molecule has 0 saturated heterocycles. The van der Waals surface area contributed by atoms with Gasteiger partial charge in [0.1, 0.15) is 17.2 Å². The first-order valence-electron chi connectivity index (χ1n) is 9.63. The molecule has 0 saturated carbocycles. The van der Waals surface area contributed by atoms with Gasteiger partial charge in [0.2, 0.25) is 0 Å². The second-order valence-electron chi connectivity index (χ2n) is 7.08. The van der Waals surface area contributed by atoms with Crippen molar-refractivity contribution in [1.29, 1.82) is 0 Å². The molecule has 9 nitrogen and oxygen atoms in total. The van der Waals surface area contributed by atoms with E-state index in [0.29, 0.717) is 18.2 Å². The molecule has 2 heterocycles. The fraction of sp³-hybridized carbons (Fsp3) is 0.0952. The third kappa shape index (κ3) is 5.25. The highest BCUT2D eigenvalue weighted by molar-refractivity contribution is 6.00. The molecule has 15 heteroatoms. The van der Waals surface area contributed by atoms with Crippen LogP contribution >= 0.6 is 0 Å². The molecule has 1 aliphatic heterocycles. The molecule has 3 amide bonds. The maximum Gasteiger partial charge on any atom is 0.540 e. The van der Waals surface area contributed by atoms with Crippen LogP contribution in [-0.4, -0.2) is 23.2 Å². The van der Waals surface area contributed by atoms with Crippen LogP contribution < -0.4 is 25.8 Å². The number of alkyl halides is 4. The second kappa shape index (κ2) is 8.92. The van der Waals surface area contributed by atoms with Crippen LogP contribution in [0.4, 0.5) is 42.5 Å². The highest BCUT2D eigenvalue weighted by atomic mass is 19.3. The number of nitrogens with one attached hydrogen (secondary N) is 2. The van der Waals surface area contributed by atoms with Crippen LogP contribution in [0.1, 0.15) is 16.1 Å². The van der Waals surface area contributed by atoms with E-state index in [2.05, 4.69) is 19.8 Å². The van der Waals surface area contributed by atoms with Crippen molar-refractivity contribution in [3.05, 3.63) is 71.6 Å². The van der Waals surface area contributed by atoms with Crippen molar-refractivity contribution >= 4 is 23.3 Å². The van der Waals surface area contributed by atoms with Crippen molar-refractivity contribution in [3.8, 4) is 17.2 Å². The molecule has 4 N–H and O–H groups in total. The van der Waals surface area contributed by atoms with E-state index in [-0.39, 0.29) is 17.1 Å². The number of ether oxygens (including phenoxy) is 3. The topological polar surface area (TPSA) is 125 Å². The van der Waals surface area contributed by atoms with Gasteiger partial charge in [-0.15, -0.1) is 8.78 Å². The second-order valence-corrected chi connectivity index (χ2v) is 7.08. The van der Waals surface area contributed by atoms with Crippen molar-refractivity contribution in [2.24, 2.45) is 5.73 Å². The summed E-state index contributed by atoms with van der Waals surface area (Å²) in [5, 5.41) is 4.03. The van der Waals surface area contributed by atoms with E-state index in [9.17, 15) is 35.9 Å². The van der Waals surface area contributed by atoms with Gasteiger partial charge in [-0.25, -0.2) is 18.3 Å². The van der Waals surface area contributed by atoms with E-state index in [4.69, 9.17) is 10.5 Å². The number of hydrogen-bond donors (Lipinski definition) is 3. The van der Waals surface area contributed by atoms with Crippen LogP contribution in [0.5, 0.6) is 17.2 Å². The number of fused-ring (bicyclic) bond motifs is 1. The average Bonchev–Trinajstić information content (AvgIpc) is 2.76. The summed E-state index contributed by atoms with van der Waals surface area (Å²) < 4.78 is 95.3. The monoisotopic (exact) mass is 514 g/mol. The first-order chi connectivity index (χ1) is 16.8. The largest absolute Gasteiger partial charge is 0.540 e. The van der Waals surface area contributed by atoms with E-state index >= 15 is 0 Å². The van der Waals surface area contributed by atoms with Crippen LogP contribution in [0, 0.1) is 11.6 Å². The summed E-state index contributed by atoms with van der Waals surface area (Å²) in [6.07, 6.45) is -7.85. The minimum absolute atomic E-state index is 0.0783. The molecule has 0 spiro atoms. The van der Waals surface area contributed by atoms with Crippen molar-refractivity contribution < 1.29 is 50.1 Å². The van der Waals surface area contributed by atoms with Crippen molar-refractivity contribution in [1.82, 2.24) is 4.98 Å². The molecule has 0 bridgehead atoms. The zero-order valence-electron chi connectivity index (χ0n) is 17.5. The molecule has 1 aliphatic rings. The predicted molar refractivity (Wildman–Crippen MR) is 109 cm³/mol. The van der Waals surface area contributed by atoms with Crippen LogP contribution in [0.15, 0.2) is 48.7 Å².